The van der Waals surface area contributed by atoms with E-state index in [9.17, 15) is 14.7 Å². The number of hydrogen-bond acceptors (Lipinski definition) is 5. The van der Waals surface area contributed by atoms with Crippen molar-refractivity contribution in [2.75, 3.05) is 6.61 Å². The average molecular weight is 536 g/mol. The zero-order valence-corrected chi connectivity index (χ0v) is 22.7. The highest BCUT2D eigenvalue weighted by Gasteiger charge is 2.64. The van der Waals surface area contributed by atoms with E-state index in [1.807, 2.05) is 19.9 Å². The number of carbonyl (C=O) groups excluding carboxylic acids is 2. The number of Topliss-reactive ketones (excluding diaryl/α,β-unsaturated/α-hetero) is 1. The molecule has 1 heterocycles. The molecular formula is C28H39BrO5. The molecule has 1 aliphatic heterocycles. The van der Waals surface area contributed by atoms with Gasteiger partial charge in [0.2, 0.25) is 0 Å². The van der Waals surface area contributed by atoms with Crippen molar-refractivity contribution in [2.45, 2.75) is 101 Å². The highest BCUT2D eigenvalue weighted by Crippen LogP contribution is 2.64. The van der Waals surface area contributed by atoms with Gasteiger partial charge < -0.3 is 14.6 Å². The van der Waals surface area contributed by atoms with Gasteiger partial charge in [0.1, 0.15) is 18.7 Å². The first-order valence-electron chi connectivity index (χ1n) is 12.6. The lowest BCUT2D eigenvalue weighted by Crippen LogP contribution is -2.48. The van der Waals surface area contributed by atoms with Crippen LogP contribution in [-0.2, 0) is 19.1 Å². The summed E-state index contributed by atoms with van der Waals surface area (Å²) in [6, 6.07) is 0. The minimum absolute atomic E-state index is 0.00927. The number of hydrogen-bond donors (Lipinski definition) is 1. The molecule has 1 spiro atoms. The average Bonchev–Trinajstić information content (AvgIpc) is 3.30. The van der Waals surface area contributed by atoms with Gasteiger partial charge in [-0.15, -0.1) is 6.42 Å². The molecule has 0 unspecified atom stereocenters. The Hall–Kier alpha value is -1.00. The number of allylic oxidation sites excluding steroid dienone is 2. The Bertz CT molecular complexity index is 916. The van der Waals surface area contributed by atoms with Crippen LogP contribution in [-0.4, -0.2) is 51.5 Å². The lowest BCUT2D eigenvalue weighted by molar-refractivity contribution is -0.123. The van der Waals surface area contributed by atoms with Crippen LogP contribution in [0.25, 0.3) is 0 Å². The molecule has 0 bridgehead atoms. The number of carbonyl (C=O) groups is 2. The molecule has 0 radical (unpaired) electrons. The minimum atomic E-state index is -1.09. The van der Waals surface area contributed by atoms with E-state index < -0.39 is 17.1 Å². The van der Waals surface area contributed by atoms with Crippen LogP contribution in [0.15, 0.2) is 11.6 Å². The SMILES string of the molecule is C#CCOC(C)(C)[C@@H](Br)[C@H]1C[C@H](C)[C@]2(CC[C@]3(C)C[C@H]4[C@H](C(=O)C[C@@]4(C)O)/C(C=O)=C\C[C@H]32)O1. The smallest absolute Gasteiger partial charge is 0.146 e. The second kappa shape index (κ2) is 8.83. The molecule has 5 nitrogen and oxygen atoms in total. The summed E-state index contributed by atoms with van der Waals surface area (Å²) in [4.78, 5) is 24.9. The highest BCUT2D eigenvalue weighted by molar-refractivity contribution is 9.09. The van der Waals surface area contributed by atoms with Crippen LogP contribution in [0.5, 0.6) is 0 Å². The molecular weight excluding hydrogens is 496 g/mol. The van der Waals surface area contributed by atoms with Gasteiger partial charge in [0, 0.05) is 12.3 Å². The summed E-state index contributed by atoms with van der Waals surface area (Å²) >= 11 is 3.88. The predicted octanol–water partition coefficient (Wildman–Crippen LogP) is 4.63. The molecule has 3 fully saturated rings. The molecule has 34 heavy (non-hydrogen) atoms. The Labute approximate surface area is 212 Å². The molecule has 188 valence electrons. The van der Waals surface area contributed by atoms with Crippen LogP contribution >= 0.6 is 15.9 Å². The van der Waals surface area contributed by atoms with E-state index in [1.54, 1.807) is 6.92 Å². The molecule has 1 saturated heterocycles. The number of halogens is 1. The molecule has 6 heteroatoms. The summed E-state index contributed by atoms with van der Waals surface area (Å²) in [6.45, 7) is 10.7. The Balaban J connectivity index is 1.66. The van der Waals surface area contributed by atoms with Gasteiger partial charge in [0.15, 0.2) is 0 Å². The minimum Gasteiger partial charge on any atom is -0.389 e. The normalized spacial score (nSPS) is 46.7. The number of ether oxygens (including phenoxy) is 2. The number of aldehydes is 1. The maximum atomic E-state index is 12.8. The monoisotopic (exact) mass is 534 g/mol. The second-order valence-corrected chi connectivity index (χ2v) is 13.3. The fourth-order valence-corrected chi connectivity index (χ4v) is 8.20. The van der Waals surface area contributed by atoms with Crippen LogP contribution in [0.3, 0.4) is 0 Å². The summed E-state index contributed by atoms with van der Waals surface area (Å²) in [6.07, 6.45) is 12.6. The fraction of sp³-hybridized carbons (Fsp3) is 0.786. The second-order valence-electron chi connectivity index (χ2n) is 12.3. The maximum absolute atomic E-state index is 12.8. The van der Waals surface area contributed by atoms with E-state index in [-0.39, 0.29) is 52.6 Å². The number of rotatable bonds is 5. The molecule has 3 aliphatic carbocycles. The van der Waals surface area contributed by atoms with Crippen molar-refractivity contribution in [3.63, 3.8) is 0 Å². The summed E-state index contributed by atoms with van der Waals surface area (Å²) in [7, 11) is 0. The third-order valence-corrected chi connectivity index (χ3v) is 11.4. The van der Waals surface area contributed by atoms with Gasteiger partial charge >= 0.3 is 0 Å². The van der Waals surface area contributed by atoms with Crippen molar-refractivity contribution in [2.24, 2.45) is 29.1 Å². The van der Waals surface area contributed by atoms with E-state index in [0.717, 1.165) is 32.0 Å². The van der Waals surface area contributed by atoms with Crippen LogP contribution in [0.2, 0.25) is 0 Å². The van der Waals surface area contributed by atoms with Crippen molar-refractivity contribution < 1.29 is 24.2 Å². The summed E-state index contributed by atoms with van der Waals surface area (Å²) in [5.74, 6) is 2.36. The maximum Gasteiger partial charge on any atom is 0.146 e. The Morgan fingerprint density at radius 1 is 1.41 bits per heavy atom. The van der Waals surface area contributed by atoms with Gasteiger partial charge in [-0.25, -0.2) is 0 Å². The lowest BCUT2D eigenvalue weighted by atomic mass is 9.62. The van der Waals surface area contributed by atoms with Gasteiger partial charge in [-0.05, 0) is 75.7 Å². The fourth-order valence-electron chi connectivity index (χ4n) is 7.74. The van der Waals surface area contributed by atoms with Crippen molar-refractivity contribution >= 4 is 28.0 Å². The van der Waals surface area contributed by atoms with Gasteiger partial charge in [0.05, 0.1) is 33.7 Å². The van der Waals surface area contributed by atoms with Crippen LogP contribution < -0.4 is 0 Å². The lowest BCUT2D eigenvalue weighted by Gasteiger charge is -2.46. The molecule has 4 rings (SSSR count). The largest absolute Gasteiger partial charge is 0.389 e. The zero-order chi connectivity index (χ0) is 25.1. The third-order valence-electron chi connectivity index (χ3n) is 9.68. The van der Waals surface area contributed by atoms with Gasteiger partial charge in [-0.3, -0.25) is 9.59 Å². The van der Waals surface area contributed by atoms with E-state index in [2.05, 4.69) is 35.7 Å². The Kier molecular flexibility index (Phi) is 6.77. The predicted molar refractivity (Wildman–Crippen MR) is 134 cm³/mol. The van der Waals surface area contributed by atoms with Crippen molar-refractivity contribution in [1.82, 2.24) is 0 Å². The number of ketones is 1. The molecule has 9 atom stereocenters. The molecule has 1 N–H and O–H groups in total. The Morgan fingerprint density at radius 2 is 2.12 bits per heavy atom. The first-order valence-corrected chi connectivity index (χ1v) is 13.5. The van der Waals surface area contributed by atoms with Crippen molar-refractivity contribution in [1.29, 1.82) is 0 Å². The number of alkyl halides is 1. The number of aliphatic hydroxyl groups is 1. The summed E-state index contributed by atoms with van der Waals surface area (Å²) in [5, 5.41) is 11.2. The third kappa shape index (κ3) is 4.05. The topological polar surface area (TPSA) is 72.8 Å². The van der Waals surface area contributed by atoms with Crippen LogP contribution in [0, 0.1) is 41.4 Å². The summed E-state index contributed by atoms with van der Waals surface area (Å²) in [5.41, 5.74) is -1.41. The van der Waals surface area contributed by atoms with E-state index in [4.69, 9.17) is 15.9 Å². The standard InChI is InChI=1S/C28H39BrO5/c1-7-12-33-25(3,4)24(29)21-13-17(2)28(34-21)11-10-26(5)14-19-23(20(31)15-27(19,6)32)18(16-30)8-9-22(26)28/h1,8,16-17,19,21-24,32H,9-15H2,2-6H3/b18-8-/t17-,19-,21+,22+,23+,24-,26+,27+,28-/m0/s1. The highest BCUT2D eigenvalue weighted by atomic mass is 79.9. The van der Waals surface area contributed by atoms with Crippen LogP contribution in [0.4, 0.5) is 0 Å². The van der Waals surface area contributed by atoms with E-state index in [1.165, 1.54) is 0 Å². The zero-order valence-electron chi connectivity index (χ0n) is 21.1. The van der Waals surface area contributed by atoms with Gasteiger partial charge in [0.25, 0.3) is 0 Å². The van der Waals surface area contributed by atoms with Crippen molar-refractivity contribution in [3.8, 4) is 12.3 Å². The summed E-state index contributed by atoms with van der Waals surface area (Å²) < 4.78 is 12.9. The molecule has 0 amide bonds. The van der Waals surface area contributed by atoms with Crippen molar-refractivity contribution in [3.05, 3.63) is 11.6 Å². The number of terminal acetylenes is 1. The molecule has 2 saturated carbocycles. The molecule has 0 aromatic rings. The molecule has 0 aromatic heterocycles. The molecule has 0 aromatic carbocycles. The van der Waals surface area contributed by atoms with Crippen LogP contribution in [0.1, 0.15) is 73.1 Å². The van der Waals surface area contributed by atoms with Gasteiger partial charge in [-0.2, -0.15) is 0 Å². The van der Waals surface area contributed by atoms with E-state index >= 15 is 0 Å². The quantitative estimate of drug-likeness (QED) is 0.316. The number of fused-ring (bicyclic) bond motifs is 3. The van der Waals surface area contributed by atoms with E-state index in [0.29, 0.717) is 17.9 Å². The first-order chi connectivity index (χ1) is 15.8. The first kappa shape index (κ1) is 26.1. The molecule has 4 aliphatic rings. The van der Waals surface area contributed by atoms with Gasteiger partial charge in [-0.1, -0.05) is 41.8 Å². The Morgan fingerprint density at radius 3 is 2.76 bits per heavy atom.